The van der Waals surface area contributed by atoms with Gasteiger partial charge in [0.2, 0.25) is 5.91 Å². The van der Waals surface area contributed by atoms with Crippen molar-refractivity contribution in [3.63, 3.8) is 0 Å². The number of aliphatic carboxylic acids is 1. The lowest BCUT2D eigenvalue weighted by Crippen LogP contribution is -2.39. The van der Waals surface area contributed by atoms with E-state index in [9.17, 15) is 9.18 Å². The zero-order valence-electron chi connectivity index (χ0n) is 23.6. The van der Waals surface area contributed by atoms with Crippen LogP contribution in [0.25, 0.3) is 26.4 Å². The minimum atomic E-state index is -0.833. The number of halogens is 2. The Morgan fingerprint density at radius 3 is 2.68 bits per heavy atom. The van der Waals surface area contributed by atoms with Gasteiger partial charge in [-0.3, -0.25) is 9.59 Å². The molecule has 1 amide bonds. The minimum Gasteiger partial charge on any atom is -0.487 e. The normalized spacial score (nSPS) is 13.1. The molecule has 0 aliphatic carbocycles. The summed E-state index contributed by atoms with van der Waals surface area (Å²) in [5.41, 5.74) is 2.39. The number of ether oxygens (including phenoxy) is 2. The van der Waals surface area contributed by atoms with Crippen molar-refractivity contribution in [3.8, 4) is 5.75 Å². The number of fused-ring (bicyclic) bond motifs is 3. The Balaban J connectivity index is 0.000000906. The van der Waals surface area contributed by atoms with Gasteiger partial charge in [-0.05, 0) is 53.6 Å². The number of hydrogen-bond acceptors (Lipinski definition) is 8. The second-order valence-corrected chi connectivity index (χ2v) is 11.2. The number of carbonyl (C=O) groups is 2. The predicted molar refractivity (Wildman–Crippen MR) is 170 cm³/mol. The van der Waals surface area contributed by atoms with Crippen LogP contribution < -0.4 is 10.1 Å². The van der Waals surface area contributed by atoms with Gasteiger partial charge in [-0.1, -0.05) is 35.9 Å². The van der Waals surface area contributed by atoms with Crippen molar-refractivity contribution >= 4 is 72.7 Å². The van der Waals surface area contributed by atoms with Gasteiger partial charge in [-0.25, -0.2) is 14.4 Å². The Bertz CT molecular complexity index is 1840. The first kappa shape index (κ1) is 30.9. The number of rotatable bonds is 7. The van der Waals surface area contributed by atoms with E-state index in [1.54, 1.807) is 46.6 Å². The van der Waals surface area contributed by atoms with Gasteiger partial charge >= 0.3 is 0 Å². The molecule has 2 aromatic heterocycles. The number of carboxylic acid groups (broad SMARTS) is 1. The molecule has 1 fully saturated rings. The van der Waals surface area contributed by atoms with Gasteiger partial charge in [0.1, 0.15) is 35.1 Å². The molecular weight excluding hydrogens is 607 g/mol. The fraction of sp³-hybridized carbons (Fsp3) is 0.188. The summed E-state index contributed by atoms with van der Waals surface area (Å²) in [5.74, 6) is 0.000999. The molecule has 2 N–H and O–H groups in total. The number of anilines is 2. The van der Waals surface area contributed by atoms with Crippen LogP contribution in [0, 0.1) is 5.82 Å². The quantitative estimate of drug-likeness (QED) is 0.185. The summed E-state index contributed by atoms with van der Waals surface area (Å²) in [6, 6.07) is 17.7. The number of benzene rings is 3. The summed E-state index contributed by atoms with van der Waals surface area (Å²) in [7, 11) is 0. The second kappa shape index (κ2) is 14.3. The maximum atomic E-state index is 13.4. The van der Waals surface area contributed by atoms with Gasteiger partial charge in [0.15, 0.2) is 0 Å². The number of amides is 1. The van der Waals surface area contributed by atoms with Crippen LogP contribution in [0.4, 0.5) is 15.9 Å². The maximum absolute atomic E-state index is 13.4. The third-order valence-corrected chi connectivity index (χ3v) is 7.87. The average Bonchev–Trinajstić information content (AvgIpc) is 3.38. The van der Waals surface area contributed by atoms with Crippen molar-refractivity contribution in [2.75, 3.05) is 31.6 Å². The van der Waals surface area contributed by atoms with Gasteiger partial charge in [-0.15, -0.1) is 11.3 Å². The molecule has 6 rings (SSSR count). The number of aromatic nitrogens is 2. The van der Waals surface area contributed by atoms with Crippen molar-refractivity contribution in [2.24, 2.45) is 0 Å². The standard InChI is InChI=1S/C30H24ClFN4O3S.C2H4O2/c31-24-16-22(6-8-25(24)39-17-20-2-1-3-21(32)14-20)35-29-28-23-7-4-19(15-26(23)40-30(28)34-18-33-29)5-9-27(37)36-10-12-38-13-11-36;1-2(3)4/h1-9,14-16,18H,10-13,17H2,(H,33,34,35);1H3,(H,3,4)/b9-5+;. The minimum absolute atomic E-state index is 0.0128. The van der Waals surface area contributed by atoms with E-state index in [0.717, 1.165) is 38.5 Å². The Labute approximate surface area is 261 Å². The molecule has 0 spiro atoms. The molecule has 9 nitrogen and oxygen atoms in total. The molecular formula is C32H28ClFN4O5S. The first-order valence-corrected chi connectivity index (χ1v) is 14.8. The van der Waals surface area contributed by atoms with Gasteiger partial charge < -0.3 is 24.8 Å². The average molecular weight is 635 g/mol. The largest absolute Gasteiger partial charge is 0.487 e. The summed E-state index contributed by atoms with van der Waals surface area (Å²) in [4.78, 5) is 33.1. The van der Waals surface area contributed by atoms with Crippen molar-refractivity contribution in [3.05, 3.63) is 95.0 Å². The number of nitrogens with one attached hydrogen (secondary N) is 1. The lowest BCUT2D eigenvalue weighted by molar-refractivity contribution is -0.134. The van der Waals surface area contributed by atoms with Crippen LogP contribution in [0.1, 0.15) is 18.1 Å². The predicted octanol–water partition coefficient (Wildman–Crippen LogP) is 6.92. The molecule has 12 heteroatoms. The van der Waals surface area contributed by atoms with Gasteiger partial charge in [0, 0.05) is 41.9 Å². The summed E-state index contributed by atoms with van der Waals surface area (Å²) < 4.78 is 25.6. The van der Waals surface area contributed by atoms with Crippen molar-refractivity contribution in [1.29, 1.82) is 0 Å². The number of morpholine rings is 1. The monoisotopic (exact) mass is 634 g/mol. The Hall–Kier alpha value is -4.58. The molecule has 1 aliphatic heterocycles. The van der Waals surface area contributed by atoms with Crippen molar-refractivity contribution in [1.82, 2.24) is 14.9 Å². The van der Waals surface area contributed by atoms with Crippen LogP contribution in [0.3, 0.4) is 0 Å². The van der Waals surface area contributed by atoms with Gasteiger partial charge in [0.05, 0.1) is 23.6 Å². The third kappa shape index (κ3) is 7.87. The lowest BCUT2D eigenvalue weighted by Gasteiger charge is -2.25. The van der Waals surface area contributed by atoms with E-state index in [1.165, 1.54) is 18.5 Å². The Kier molecular flexibility index (Phi) is 10.0. The molecule has 0 radical (unpaired) electrons. The first-order valence-electron chi connectivity index (χ1n) is 13.6. The van der Waals surface area contributed by atoms with E-state index in [4.69, 9.17) is 31.0 Å². The molecule has 1 saturated heterocycles. The topological polar surface area (TPSA) is 114 Å². The summed E-state index contributed by atoms with van der Waals surface area (Å²) >= 11 is 8.06. The van der Waals surface area contributed by atoms with Crippen LogP contribution in [-0.4, -0.2) is 58.2 Å². The molecule has 0 unspecified atom stereocenters. The van der Waals surface area contributed by atoms with E-state index in [1.807, 2.05) is 24.3 Å². The summed E-state index contributed by atoms with van der Waals surface area (Å²) in [5, 5.41) is 13.1. The molecule has 0 atom stereocenters. The van der Waals surface area contributed by atoms with Crippen LogP contribution in [0.15, 0.2) is 73.1 Å². The van der Waals surface area contributed by atoms with Gasteiger partial charge in [-0.2, -0.15) is 0 Å². The van der Waals surface area contributed by atoms with E-state index >= 15 is 0 Å². The molecule has 3 heterocycles. The van der Waals surface area contributed by atoms with Gasteiger partial charge in [0.25, 0.3) is 5.97 Å². The van der Waals surface area contributed by atoms with E-state index in [0.29, 0.717) is 48.5 Å². The number of hydrogen-bond donors (Lipinski definition) is 2. The van der Waals surface area contributed by atoms with Crippen LogP contribution >= 0.6 is 22.9 Å². The van der Waals surface area contributed by atoms with E-state index in [2.05, 4.69) is 21.4 Å². The maximum Gasteiger partial charge on any atom is 0.300 e. The van der Waals surface area contributed by atoms with Crippen molar-refractivity contribution in [2.45, 2.75) is 13.5 Å². The zero-order chi connectivity index (χ0) is 31.1. The van der Waals surface area contributed by atoms with Crippen LogP contribution in [0.5, 0.6) is 5.75 Å². The number of nitrogens with zero attached hydrogens (tertiary/aromatic N) is 3. The van der Waals surface area contributed by atoms with Crippen molar-refractivity contribution < 1.29 is 28.6 Å². The zero-order valence-corrected chi connectivity index (χ0v) is 25.2. The first-order chi connectivity index (χ1) is 21.3. The summed E-state index contributed by atoms with van der Waals surface area (Å²) in [6.45, 7) is 3.67. The van der Waals surface area contributed by atoms with Crippen LogP contribution in [-0.2, 0) is 20.9 Å². The molecule has 44 heavy (non-hydrogen) atoms. The highest BCUT2D eigenvalue weighted by molar-refractivity contribution is 7.25. The number of carboxylic acids is 1. The van der Waals surface area contributed by atoms with E-state index < -0.39 is 5.97 Å². The summed E-state index contributed by atoms with van der Waals surface area (Å²) in [6.07, 6.45) is 4.98. The fourth-order valence-corrected chi connectivity index (χ4v) is 5.83. The van der Waals surface area contributed by atoms with E-state index in [-0.39, 0.29) is 18.3 Å². The molecule has 0 bridgehead atoms. The number of thiophene rings is 1. The molecule has 1 aliphatic rings. The second-order valence-electron chi connectivity index (χ2n) is 9.74. The molecule has 226 valence electrons. The smallest absolute Gasteiger partial charge is 0.300 e. The SMILES string of the molecule is CC(=O)O.O=C(/C=C/c1ccc2c(c1)sc1ncnc(Nc3ccc(OCc4cccc(F)c4)c(Cl)c3)c12)N1CCOCC1. The molecule has 0 saturated carbocycles. The third-order valence-electron chi connectivity index (χ3n) is 6.51. The molecule has 5 aromatic rings. The molecule has 3 aromatic carbocycles. The lowest BCUT2D eigenvalue weighted by atomic mass is 10.1. The Morgan fingerprint density at radius 1 is 1.14 bits per heavy atom. The fourth-order valence-electron chi connectivity index (χ4n) is 4.50. The highest BCUT2D eigenvalue weighted by Gasteiger charge is 2.15. The highest BCUT2D eigenvalue weighted by Crippen LogP contribution is 2.38. The highest BCUT2D eigenvalue weighted by atomic mass is 35.5. The van der Waals surface area contributed by atoms with Crippen LogP contribution in [0.2, 0.25) is 5.02 Å². The number of carbonyl (C=O) groups excluding carboxylic acids is 1. The Morgan fingerprint density at radius 2 is 1.93 bits per heavy atom.